The molecular formula is C29H38N4O5S. The van der Waals surface area contributed by atoms with Crippen LogP contribution in [0.15, 0.2) is 34.3 Å². The summed E-state index contributed by atoms with van der Waals surface area (Å²) in [6.07, 6.45) is -0.608. The van der Waals surface area contributed by atoms with E-state index in [4.69, 9.17) is 9.26 Å². The van der Waals surface area contributed by atoms with Crippen molar-refractivity contribution in [3.63, 3.8) is 0 Å². The van der Waals surface area contributed by atoms with Gasteiger partial charge in [-0.3, -0.25) is 9.59 Å². The van der Waals surface area contributed by atoms with Crippen LogP contribution in [-0.2, 0) is 16.1 Å². The molecular weight excluding hydrogens is 516 g/mol. The smallest absolute Gasteiger partial charge is 0.243 e. The molecule has 39 heavy (non-hydrogen) atoms. The number of aliphatic hydroxyl groups excluding tert-OH is 1. The van der Waals surface area contributed by atoms with Crippen LogP contribution < -0.4 is 10.1 Å². The third kappa shape index (κ3) is 6.67. The number of likely N-dealkylation sites (tertiary alicyclic amines) is 1. The summed E-state index contributed by atoms with van der Waals surface area (Å²) >= 11 is 1.57. The maximum absolute atomic E-state index is 13.6. The molecule has 0 spiro atoms. The Bertz CT molecular complexity index is 1330. The summed E-state index contributed by atoms with van der Waals surface area (Å²) in [5, 5.41) is 17.3. The van der Waals surface area contributed by atoms with Gasteiger partial charge >= 0.3 is 0 Å². The zero-order valence-electron chi connectivity index (χ0n) is 23.6. The van der Waals surface area contributed by atoms with Crippen LogP contribution in [0.1, 0.15) is 69.7 Å². The average Bonchev–Trinajstić information content (AvgIpc) is 3.56. The zero-order chi connectivity index (χ0) is 28.5. The lowest BCUT2D eigenvalue weighted by atomic mass is 9.91. The third-order valence-electron chi connectivity index (χ3n) is 6.69. The van der Waals surface area contributed by atoms with E-state index in [1.165, 1.54) is 4.90 Å². The molecule has 2 aromatic heterocycles. The Hall–Kier alpha value is -3.24. The Balaban J connectivity index is 1.53. The van der Waals surface area contributed by atoms with Crippen molar-refractivity contribution in [2.75, 3.05) is 6.54 Å². The molecule has 1 aliphatic rings. The summed E-state index contributed by atoms with van der Waals surface area (Å²) in [4.78, 5) is 33.9. The van der Waals surface area contributed by atoms with Gasteiger partial charge in [0.25, 0.3) is 0 Å². The summed E-state index contributed by atoms with van der Waals surface area (Å²) < 4.78 is 11.7. The molecule has 9 nitrogen and oxygen atoms in total. The van der Waals surface area contributed by atoms with Crippen LogP contribution in [0, 0.1) is 19.8 Å². The van der Waals surface area contributed by atoms with Gasteiger partial charge in [0.05, 0.1) is 27.9 Å². The number of nitrogens with zero attached hydrogens (tertiary/aromatic N) is 3. The average molecular weight is 555 g/mol. The van der Waals surface area contributed by atoms with Gasteiger partial charge in [-0.15, -0.1) is 11.3 Å². The second kappa shape index (κ2) is 11.5. The van der Waals surface area contributed by atoms with Crippen molar-refractivity contribution in [2.45, 2.75) is 85.1 Å². The van der Waals surface area contributed by atoms with Gasteiger partial charge in [0.15, 0.2) is 0 Å². The molecule has 0 unspecified atom stereocenters. The molecule has 2 N–H and O–H groups in total. The van der Waals surface area contributed by atoms with Gasteiger partial charge in [0, 0.05) is 31.1 Å². The minimum atomic E-state index is -0.788. The fourth-order valence-corrected chi connectivity index (χ4v) is 5.70. The normalized spacial score (nSPS) is 18.4. The summed E-state index contributed by atoms with van der Waals surface area (Å²) in [6.45, 7) is 13.9. The molecule has 0 radical (unpaired) electrons. The number of aliphatic hydroxyl groups is 1. The number of ether oxygens (including phenoxy) is 1. The maximum atomic E-state index is 13.6. The van der Waals surface area contributed by atoms with Crippen molar-refractivity contribution >= 4 is 23.2 Å². The molecule has 1 fully saturated rings. The molecule has 1 saturated heterocycles. The van der Waals surface area contributed by atoms with Gasteiger partial charge in [0.1, 0.15) is 29.1 Å². The van der Waals surface area contributed by atoms with Crippen LogP contribution in [0.5, 0.6) is 5.75 Å². The highest BCUT2D eigenvalue weighted by Crippen LogP contribution is 2.34. The van der Waals surface area contributed by atoms with Gasteiger partial charge in [-0.2, -0.15) is 0 Å². The summed E-state index contributed by atoms with van der Waals surface area (Å²) in [7, 11) is 0. The molecule has 1 aromatic carbocycles. The van der Waals surface area contributed by atoms with E-state index in [-0.39, 0.29) is 37.2 Å². The number of benzene rings is 1. The number of aromatic nitrogens is 2. The largest absolute Gasteiger partial charge is 0.488 e. The van der Waals surface area contributed by atoms with Gasteiger partial charge in [-0.1, -0.05) is 31.1 Å². The van der Waals surface area contributed by atoms with Crippen LogP contribution in [0.4, 0.5) is 0 Å². The number of thiazole rings is 1. The van der Waals surface area contributed by atoms with Crippen molar-refractivity contribution < 1.29 is 24.0 Å². The number of amides is 2. The van der Waals surface area contributed by atoms with E-state index in [9.17, 15) is 14.7 Å². The third-order valence-corrected chi connectivity index (χ3v) is 7.67. The number of carbonyl (C=O) groups is 2. The highest BCUT2D eigenvalue weighted by atomic mass is 32.1. The van der Waals surface area contributed by atoms with E-state index in [0.29, 0.717) is 17.2 Å². The first-order chi connectivity index (χ1) is 18.3. The quantitative estimate of drug-likeness (QED) is 0.418. The second-order valence-electron chi connectivity index (χ2n) is 11.5. The lowest BCUT2D eigenvalue weighted by Gasteiger charge is -2.29. The van der Waals surface area contributed by atoms with Crippen LogP contribution in [0.25, 0.3) is 10.4 Å². The highest BCUT2D eigenvalue weighted by molar-refractivity contribution is 7.13. The zero-order valence-corrected chi connectivity index (χ0v) is 24.5. The van der Waals surface area contributed by atoms with Crippen molar-refractivity contribution in [1.29, 1.82) is 0 Å². The minimum Gasteiger partial charge on any atom is -0.488 e. The van der Waals surface area contributed by atoms with E-state index in [0.717, 1.165) is 21.7 Å². The van der Waals surface area contributed by atoms with Crippen LogP contribution in [0.2, 0.25) is 0 Å². The number of nitrogens with one attached hydrogen (secondary N) is 1. The molecule has 0 aliphatic carbocycles. The first kappa shape index (κ1) is 28.8. The molecule has 2 amide bonds. The molecule has 0 bridgehead atoms. The van der Waals surface area contributed by atoms with E-state index < -0.39 is 23.7 Å². The van der Waals surface area contributed by atoms with Crippen molar-refractivity contribution in [1.82, 2.24) is 20.4 Å². The molecule has 1 aliphatic heterocycles. The minimum absolute atomic E-state index is 0.0795. The number of carbonyl (C=O) groups excluding carboxylic acids is 2. The molecule has 4 rings (SSSR count). The number of hydrogen-bond donors (Lipinski definition) is 2. The van der Waals surface area contributed by atoms with Gasteiger partial charge in [-0.25, -0.2) is 4.98 Å². The fourth-order valence-electron chi connectivity index (χ4n) is 4.90. The number of hydrogen-bond acceptors (Lipinski definition) is 8. The Kier molecular flexibility index (Phi) is 8.46. The van der Waals surface area contributed by atoms with Gasteiger partial charge in [-0.05, 0) is 52.2 Å². The summed E-state index contributed by atoms with van der Waals surface area (Å²) in [5.41, 5.74) is 4.83. The fraction of sp³-hybridized carbons (Fsp3) is 0.517. The number of aryl methyl sites for hydroxylation is 2. The van der Waals surface area contributed by atoms with E-state index in [1.807, 2.05) is 65.3 Å². The van der Waals surface area contributed by atoms with E-state index in [2.05, 4.69) is 15.5 Å². The SMILES string of the molecule is Cc1cc([C@H](C(=O)N2C[C@H](O)C[C@H]2C(=O)NCc2ccc(-c3scnc3C)cc2OC(C)(C)C)C(C)C)on1. The maximum Gasteiger partial charge on any atom is 0.243 e. The molecule has 0 saturated carbocycles. The van der Waals surface area contributed by atoms with E-state index >= 15 is 0 Å². The Labute approximate surface area is 233 Å². The van der Waals surface area contributed by atoms with Gasteiger partial charge < -0.3 is 24.6 Å². The predicted octanol–water partition coefficient (Wildman–Crippen LogP) is 4.61. The van der Waals surface area contributed by atoms with Crippen molar-refractivity contribution in [3.05, 3.63) is 52.5 Å². The van der Waals surface area contributed by atoms with E-state index in [1.54, 1.807) is 24.3 Å². The Morgan fingerprint density at radius 3 is 2.59 bits per heavy atom. The predicted molar refractivity (Wildman–Crippen MR) is 149 cm³/mol. The van der Waals surface area contributed by atoms with Crippen molar-refractivity contribution in [3.8, 4) is 16.2 Å². The molecule has 3 aromatic rings. The lowest BCUT2D eigenvalue weighted by Crippen LogP contribution is -2.48. The monoisotopic (exact) mass is 554 g/mol. The molecule has 210 valence electrons. The first-order valence-electron chi connectivity index (χ1n) is 13.3. The number of rotatable bonds is 8. The highest BCUT2D eigenvalue weighted by Gasteiger charge is 2.43. The van der Waals surface area contributed by atoms with Crippen LogP contribution in [-0.4, -0.2) is 56.3 Å². The Morgan fingerprint density at radius 1 is 1.26 bits per heavy atom. The molecule has 3 heterocycles. The summed E-state index contributed by atoms with van der Waals surface area (Å²) in [5.74, 6) is -0.106. The molecule has 10 heteroatoms. The van der Waals surface area contributed by atoms with Gasteiger partial charge in [0.2, 0.25) is 11.8 Å². The number of β-amino-alcohol motifs (C(OH)–C–C–N with tert-alkyl or cyclic N) is 1. The lowest BCUT2D eigenvalue weighted by molar-refractivity contribution is -0.141. The van der Waals surface area contributed by atoms with Crippen LogP contribution >= 0.6 is 11.3 Å². The summed E-state index contributed by atoms with van der Waals surface area (Å²) in [6, 6.07) is 6.89. The topological polar surface area (TPSA) is 118 Å². The molecule has 3 atom stereocenters. The van der Waals surface area contributed by atoms with Crippen molar-refractivity contribution in [2.24, 2.45) is 5.92 Å². The Morgan fingerprint density at radius 2 is 2.00 bits per heavy atom. The standard InChI is InChI=1S/C29H38N4O5S/c1-16(2)25(24-10-17(3)32-38-24)28(36)33-14-21(34)12-22(33)27(35)30-13-20-9-8-19(26-18(4)31-15-39-26)11-23(20)37-29(5,6)7/h8-11,15-16,21-22,25,34H,12-14H2,1-7H3,(H,30,35)/t21-,22+,25-/m1/s1. The van der Waals surface area contributed by atoms with Crippen LogP contribution in [0.3, 0.4) is 0 Å². The second-order valence-corrected chi connectivity index (χ2v) is 12.4. The first-order valence-corrected chi connectivity index (χ1v) is 14.1.